The zero-order valence-electron chi connectivity index (χ0n) is 9.49. The first kappa shape index (κ1) is 12.0. The van der Waals surface area contributed by atoms with Crippen molar-refractivity contribution in [1.82, 2.24) is 5.32 Å². The second kappa shape index (κ2) is 5.69. The molecule has 3 heteroatoms. The number of hydrogen-bond donors (Lipinski definition) is 2. The van der Waals surface area contributed by atoms with E-state index in [1.54, 1.807) is 7.11 Å². The Morgan fingerprint density at radius 2 is 2.07 bits per heavy atom. The third-order valence-electron chi connectivity index (χ3n) is 2.88. The molecule has 0 spiro atoms. The lowest BCUT2D eigenvalue weighted by molar-refractivity contribution is 0.0108. The van der Waals surface area contributed by atoms with Gasteiger partial charge in [0.25, 0.3) is 0 Å². The first-order valence-corrected chi connectivity index (χ1v) is 5.55. The lowest BCUT2D eigenvalue weighted by atomic mass is 9.88. The Kier molecular flexibility index (Phi) is 4.85. The van der Waals surface area contributed by atoms with E-state index in [0.29, 0.717) is 18.1 Å². The Bertz CT molecular complexity index is 155. The smallest absolute Gasteiger partial charge is 0.0601 e. The standard InChI is InChI=1S/C11H23NO2/c1-8(2)4-10(7-13)12-9-5-11(6-9)14-3/h8-13H,4-7H2,1-3H3. The van der Waals surface area contributed by atoms with Crippen molar-refractivity contribution < 1.29 is 9.84 Å². The van der Waals surface area contributed by atoms with E-state index in [9.17, 15) is 5.11 Å². The zero-order chi connectivity index (χ0) is 10.6. The summed E-state index contributed by atoms with van der Waals surface area (Å²) in [6.07, 6.45) is 3.66. The van der Waals surface area contributed by atoms with Crippen molar-refractivity contribution in [2.45, 2.75) is 51.3 Å². The van der Waals surface area contributed by atoms with Gasteiger partial charge in [0.2, 0.25) is 0 Å². The molecule has 1 fully saturated rings. The van der Waals surface area contributed by atoms with Crippen LogP contribution in [0.15, 0.2) is 0 Å². The van der Waals surface area contributed by atoms with Crippen LogP contribution >= 0.6 is 0 Å². The highest BCUT2D eigenvalue weighted by atomic mass is 16.5. The highest BCUT2D eigenvalue weighted by Gasteiger charge is 2.30. The maximum atomic E-state index is 9.17. The normalized spacial score (nSPS) is 28.9. The molecule has 1 unspecified atom stereocenters. The van der Waals surface area contributed by atoms with E-state index in [-0.39, 0.29) is 12.6 Å². The molecule has 0 aliphatic heterocycles. The van der Waals surface area contributed by atoms with Gasteiger partial charge in [-0.3, -0.25) is 0 Å². The van der Waals surface area contributed by atoms with E-state index < -0.39 is 0 Å². The van der Waals surface area contributed by atoms with Crippen molar-refractivity contribution in [2.24, 2.45) is 5.92 Å². The van der Waals surface area contributed by atoms with Crippen LogP contribution in [0.25, 0.3) is 0 Å². The van der Waals surface area contributed by atoms with Crippen molar-refractivity contribution in [2.75, 3.05) is 13.7 Å². The molecule has 0 aromatic rings. The van der Waals surface area contributed by atoms with Gasteiger partial charge in [0.05, 0.1) is 12.7 Å². The molecule has 1 rings (SSSR count). The predicted molar refractivity (Wildman–Crippen MR) is 57.3 cm³/mol. The molecule has 3 nitrogen and oxygen atoms in total. The monoisotopic (exact) mass is 201 g/mol. The molecule has 0 bridgehead atoms. The van der Waals surface area contributed by atoms with E-state index >= 15 is 0 Å². The SMILES string of the molecule is COC1CC(NC(CO)CC(C)C)C1. The first-order valence-electron chi connectivity index (χ1n) is 5.55. The van der Waals surface area contributed by atoms with Crippen LogP contribution in [0.5, 0.6) is 0 Å². The van der Waals surface area contributed by atoms with Gasteiger partial charge in [0, 0.05) is 19.2 Å². The summed E-state index contributed by atoms with van der Waals surface area (Å²) in [6.45, 7) is 4.61. The number of ether oxygens (including phenoxy) is 1. The van der Waals surface area contributed by atoms with Crippen LogP contribution in [0.2, 0.25) is 0 Å². The number of hydrogen-bond acceptors (Lipinski definition) is 3. The van der Waals surface area contributed by atoms with Gasteiger partial charge in [0.15, 0.2) is 0 Å². The van der Waals surface area contributed by atoms with Gasteiger partial charge >= 0.3 is 0 Å². The van der Waals surface area contributed by atoms with E-state index in [2.05, 4.69) is 19.2 Å². The van der Waals surface area contributed by atoms with Gasteiger partial charge in [-0.05, 0) is 25.2 Å². The molecular weight excluding hydrogens is 178 g/mol. The van der Waals surface area contributed by atoms with Gasteiger partial charge in [0.1, 0.15) is 0 Å². The molecule has 1 aliphatic carbocycles. The van der Waals surface area contributed by atoms with Crippen molar-refractivity contribution in [1.29, 1.82) is 0 Å². The van der Waals surface area contributed by atoms with Gasteiger partial charge in [-0.25, -0.2) is 0 Å². The third kappa shape index (κ3) is 3.56. The summed E-state index contributed by atoms with van der Waals surface area (Å²) < 4.78 is 5.21. The summed E-state index contributed by atoms with van der Waals surface area (Å²) >= 11 is 0. The lowest BCUT2D eigenvalue weighted by Crippen LogP contribution is -2.50. The van der Waals surface area contributed by atoms with Crippen LogP contribution in [-0.2, 0) is 4.74 Å². The summed E-state index contributed by atoms with van der Waals surface area (Å²) in [7, 11) is 1.76. The molecule has 1 atom stereocenters. The second-order valence-electron chi connectivity index (χ2n) is 4.70. The Morgan fingerprint density at radius 3 is 2.50 bits per heavy atom. The largest absolute Gasteiger partial charge is 0.395 e. The van der Waals surface area contributed by atoms with Crippen molar-refractivity contribution in [3.63, 3.8) is 0 Å². The van der Waals surface area contributed by atoms with Crippen molar-refractivity contribution >= 4 is 0 Å². The molecule has 0 aromatic heterocycles. The summed E-state index contributed by atoms with van der Waals surface area (Å²) in [4.78, 5) is 0. The first-order chi connectivity index (χ1) is 6.65. The van der Waals surface area contributed by atoms with Crippen molar-refractivity contribution in [3.8, 4) is 0 Å². The molecule has 1 saturated carbocycles. The number of rotatable bonds is 6. The summed E-state index contributed by atoms with van der Waals surface area (Å²) in [5.41, 5.74) is 0. The number of aliphatic hydroxyl groups excluding tert-OH is 1. The molecule has 0 saturated heterocycles. The molecule has 0 amide bonds. The van der Waals surface area contributed by atoms with Crippen LogP contribution in [0.4, 0.5) is 0 Å². The van der Waals surface area contributed by atoms with Gasteiger partial charge in [-0.15, -0.1) is 0 Å². The fraction of sp³-hybridized carbons (Fsp3) is 1.00. The van der Waals surface area contributed by atoms with Crippen LogP contribution < -0.4 is 5.32 Å². The lowest BCUT2D eigenvalue weighted by Gasteiger charge is -2.37. The maximum Gasteiger partial charge on any atom is 0.0601 e. The summed E-state index contributed by atoms with van der Waals surface area (Å²) in [6, 6.07) is 0.814. The van der Waals surface area contributed by atoms with Crippen LogP contribution in [0.1, 0.15) is 33.1 Å². The minimum absolute atomic E-state index is 0.242. The molecule has 0 radical (unpaired) electrons. The summed E-state index contributed by atoms with van der Waals surface area (Å²) in [5.74, 6) is 0.637. The number of nitrogens with one attached hydrogen (secondary N) is 1. The van der Waals surface area contributed by atoms with E-state index in [0.717, 1.165) is 19.3 Å². The molecule has 2 N–H and O–H groups in total. The molecule has 0 heterocycles. The third-order valence-corrected chi connectivity index (χ3v) is 2.88. The van der Waals surface area contributed by atoms with E-state index in [1.165, 1.54) is 0 Å². The topological polar surface area (TPSA) is 41.5 Å². The molecule has 84 valence electrons. The Hall–Kier alpha value is -0.120. The number of aliphatic hydroxyl groups is 1. The molecule has 14 heavy (non-hydrogen) atoms. The molecule has 0 aromatic carbocycles. The van der Waals surface area contributed by atoms with E-state index in [4.69, 9.17) is 4.74 Å². The Labute approximate surface area is 86.8 Å². The second-order valence-corrected chi connectivity index (χ2v) is 4.70. The average molecular weight is 201 g/mol. The van der Waals surface area contributed by atoms with Crippen LogP contribution in [0.3, 0.4) is 0 Å². The molecule has 1 aliphatic rings. The zero-order valence-corrected chi connectivity index (χ0v) is 9.49. The molecular formula is C11H23NO2. The summed E-state index contributed by atoms with van der Waals surface area (Å²) in [5, 5.41) is 12.6. The Balaban J connectivity index is 2.15. The van der Waals surface area contributed by atoms with Gasteiger partial charge in [-0.1, -0.05) is 13.8 Å². The highest BCUT2D eigenvalue weighted by molar-refractivity contribution is 4.88. The van der Waals surface area contributed by atoms with Crippen LogP contribution in [0, 0.1) is 5.92 Å². The minimum atomic E-state index is 0.242. The fourth-order valence-corrected chi connectivity index (χ4v) is 1.99. The Morgan fingerprint density at radius 1 is 1.43 bits per heavy atom. The van der Waals surface area contributed by atoms with Crippen LogP contribution in [-0.4, -0.2) is 37.0 Å². The van der Waals surface area contributed by atoms with Gasteiger partial charge < -0.3 is 15.2 Å². The highest BCUT2D eigenvalue weighted by Crippen LogP contribution is 2.23. The van der Waals surface area contributed by atoms with Gasteiger partial charge in [-0.2, -0.15) is 0 Å². The quantitative estimate of drug-likeness (QED) is 0.677. The average Bonchev–Trinajstić information content (AvgIpc) is 2.07. The number of methoxy groups -OCH3 is 1. The predicted octanol–water partition coefficient (Wildman–Crippen LogP) is 1.16. The minimum Gasteiger partial charge on any atom is -0.395 e. The van der Waals surface area contributed by atoms with Crippen molar-refractivity contribution in [3.05, 3.63) is 0 Å². The fourth-order valence-electron chi connectivity index (χ4n) is 1.99. The maximum absolute atomic E-state index is 9.17. The van der Waals surface area contributed by atoms with E-state index in [1.807, 2.05) is 0 Å².